The number of aliphatic hydroxyl groups excluding tert-OH is 2. The molecule has 0 unspecified atom stereocenters. The minimum absolute atomic E-state index is 0.0364. The third-order valence-corrected chi connectivity index (χ3v) is 2.97. The van der Waals surface area contributed by atoms with Gasteiger partial charge in [-0.15, -0.1) is 0 Å². The molecule has 0 saturated carbocycles. The molecule has 20 heavy (non-hydrogen) atoms. The smallest absolute Gasteiger partial charge is 0.320 e. The lowest BCUT2D eigenvalue weighted by atomic mass is 10.1. The number of hydrogen-bond donors (Lipinski definition) is 3. The lowest BCUT2D eigenvalue weighted by Gasteiger charge is -2.21. The molecule has 6 heteroatoms. The van der Waals surface area contributed by atoms with Gasteiger partial charge < -0.3 is 25.2 Å². The Kier molecular flexibility index (Phi) is 6.83. The number of benzene rings is 1. The first-order valence-electron chi connectivity index (χ1n) is 6.53. The number of ether oxygens (including phenoxy) is 1. The molecule has 0 fully saturated rings. The largest absolute Gasteiger partial charge is 0.473 e. The molecule has 1 aromatic rings. The van der Waals surface area contributed by atoms with Crippen LogP contribution < -0.4 is 10.1 Å². The van der Waals surface area contributed by atoms with Crippen LogP contribution in [0.15, 0.2) is 18.2 Å². The van der Waals surface area contributed by atoms with Crippen LogP contribution in [0.3, 0.4) is 0 Å². The van der Waals surface area contributed by atoms with Gasteiger partial charge in [-0.1, -0.05) is 6.07 Å². The van der Waals surface area contributed by atoms with Gasteiger partial charge in [0.15, 0.2) is 6.73 Å². The zero-order chi connectivity index (χ0) is 15.0. The highest BCUT2D eigenvalue weighted by atomic mass is 16.5. The van der Waals surface area contributed by atoms with Crippen molar-refractivity contribution in [2.75, 3.05) is 33.0 Å². The number of amides is 2. The van der Waals surface area contributed by atoms with Crippen LogP contribution in [0.5, 0.6) is 5.75 Å². The number of urea groups is 1. The Labute approximate surface area is 119 Å². The summed E-state index contributed by atoms with van der Waals surface area (Å²) in [5.41, 5.74) is 2.30. The maximum absolute atomic E-state index is 11.7. The van der Waals surface area contributed by atoms with Crippen LogP contribution in [0.1, 0.15) is 11.1 Å². The molecular formula is C14H22N2O4. The van der Waals surface area contributed by atoms with E-state index in [1.54, 1.807) is 0 Å². The highest BCUT2D eigenvalue weighted by molar-refractivity contribution is 5.74. The first-order chi connectivity index (χ1) is 9.58. The molecule has 0 spiro atoms. The van der Waals surface area contributed by atoms with Gasteiger partial charge in [-0.2, -0.15) is 0 Å². The van der Waals surface area contributed by atoms with Crippen molar-refractivity contribution in [1.29, 1.82) is 0 Å². The van der Waals surface area contributed by atoms with Crippen LogP contribution in [0.25, 0.3) is 0 Å². The monoisotopic (exact) mass is 282 g/mol. The predicted molar refractivity (Wildman–Crippen MR) is 75.7 cm³/mol. The highest BCUT2D eigenvalue weighted by Crippen LogP contribution is 2.15. The van der Waals surface area contributed by atoms with Crippen molar-refractivity contribution < 1.29 is 19.7 Å². The van der Waals surface area contributed by atoms with Crippen molar-refractivity contribution in [3.63, 3.8) is 0 Å². The van der Waals surface area contributed by atoms with Gasteiger partial charge in [0.2, 0.25) is 0 Å². The Morgan fingerprint density at radius 1 is 1.20 bits per heavy atom. The van der Waals surface area contributed by atoms with Crippen LogP contribution >= 0.6 is 0 Å². The van der Waals surface area contributed by atoms with Gasteiger partial charge in [0.1, 0.15) is 5.75 Å². The first-order valence-corrected chi connectivity index (χ1v) is 6.53. The zero-order valence-corrected chi connectivity index (χ0v) is 11.9. The van der Waals surface area contributed by atoms with E-state index in [4.69, 9.17) is 14.9 Å². The van der Waals surface area contributed by atoms with E-state index in [1.165, 1.54) is 10.5 Å². The van der Waals surface area contributed by atoms with Crippen LogP contribution in [0.4, 0.5) is 4.79 Å². The quantitative estimate of drug-likeness (QED) is 0.641. The molecule has 3 N–H and O–H groups in total. The summed E-state index contributed by atoms with van der Waals surface area (Å²) in [6.45, 7) is 4.10. The first kappa shape index (κ1) is 16.3. The summed E-state index contributed by atoms with van der Waals surface area (Å²) in [5.74, 6) is 0.685. The average Bonchev–Trinajstić information content (AvgIpc) is 2.42. The van der Waals surface area contributed by atoms with E-state index < -0.39 is 0 Å². The van der Waals surface area contributed by atoms with Crippen molar-refractivity contribution in [2.24, 2.45) is 0 Å². The molecule has 0 bridgehead atoms. The fourth-order valence-electron chi connectivity index (χ4n) is 1.65. The zero-order valence-electron chi connectivity index (χ0n) is 11.9. The van der Waals surface area contributed by atoms with Gasteiger partial charge in [-0.05, 0) is 37.1 Å². The Bertz CT molecular complexity index is 431. The van der Waals surface area contributed by atoms with Crippen molar-refractivity contribution in [1.82, 2.24) is 10.2 Å². The lowest BCUT2D eigenvalue weighted by molar-refractivity contribution is 0.151. The SMILES string of the molecule is Cc1ccc(OCNC(=O)N(CCO)CCO)cc1C. The maximum Gasteiger partial charge on any atom is 0.320 e. The molecule has 0 atom stereocenters. The van der Waals surface area contributed by atoms with Crippen LogP contribution in [0, 0.1) is 13.8 Å². The summed E-state index contributed by atoms with van der Waals surface area (Å²) in [6.07, 6.45) is 0. The van der Waals surface area contributed by atoms with E-state index in [-0.39, 0.29) is 39.1 Å². The second-order valence-electron chi connectivity index (χ2n) is 4.45. The van der Waals surface area contributed by atoms with Crippen molar-refractivity contribution in [3.05, 3.63) is 29.3 Å². The van der Waals surface area contributed by atoms with Gasteiger partial charge in [0, 0.05) is 13.1 Å². The summed E-state index contributed by atoms with van der Waals surface area (Å²) >= 11 is 0. The number of rotatable bonds is 7. The molecule has 0 aliphatic carbocycles. The van der Waals surface area contributed by atoms with Crippen molar-refractivity contribution in [2.45, 2.75) is 13.8 Å². The summed E-state index contributed by atoms with van der Waals surface area (Å²) in [7, 11) is 0. The minimum Gasteiger partial charge on any atom is -0.473 e. The minimum atomic E-state index is -0.378. The van der Waals surface area contributed by atoms with E-state index in [0.717, 1.165) is 5.56 Å². The normalized spacial score (nSPS) is 10.2. The summed E-state index contributed by atoms with van der Waals surface area (Å²) in [4.78, 5) is 13.1. The molecule has 112 valence electrons. The summed E-state index contributed by atoms with van der Waals surface area (Å²) in [6, 6.07) is 5.32. The number of aliphatic hydroxyl groups is 2. The fourth-order valence-corrected chi connectivity index (χ4v) is 1.65. The molecule has 0 saturated heterocycles. The van der Waals surface area contributed by atoms with E-state index in [1.807, 2.05) is 32.0 Å². The number of hydrogen-bond acceptors (Lipinski definition) is 4. The van der Waals surface area contributed by atoms with Crippen molar-refractivity contribution in [3.8, 4) is 5.75 Å². The Hall–Kier alpha value is -1.79. The molecule has 1 aromatic carbocycles. The van der Waals surface area contributed by atoms with E-state index in [0.29, 0.717) is 5.75 Å². The Morgan fingerprint density at radius 2 is 1.85 bits per heavy atom. The Balaban J connectivity index is 2.42. The number of aryl methyl sites for hydroxylation is 2. The van der Waals surface area contributed by atoms with E-state index >= 15 is 0 Å². The molecule has 2 amide bonds. The number of carbonyl (C=O) groups excluding carboxylic acids is 1. The third-order valence-electron chi connectivity index (χ3n) is 2.97. The molecule has 0 heterocycles. The number of nitrogens with one attached hydrogen (secondary N) is 1. The Morgan fingerprint density at radius 3 is 2.40 bits per heavy atom. The number of carbonyl (C=O) groups is 1. The standard InChI is InChI=1S/C14H22N2O4/c1-11-3-4-13(9-12(11)2)20-10-15-14(19)16(5-7-17)6-8-18/h3-4,9,17-18H,5-8,10H2,1-2H3,(H,15,19). The molecule has 0 radical (unpaired) electrons. The lowest BCUT2D eigenvalue weighted by Crippen LogP contribution is -2.44. The summed E-state index contributed by atoms with van der Waals surface area (Å²) < 4.78 is 5.44. The van der Waals surface area contributed by atoms with E-state index in [9.17, 15) is 4.79 Å². The number of nitrogens with zero attached hydrogens (tertiary/aromatic N) is 1. The fraction of sp³-hybridized carbons (Fsp3) is 0.500. The summed E-state index contributed by atoms with van der Waals surface area (Å²) in [5, 5.41) is 20.3. The van der Waals surface area contributed by atoms with Gasteiger partial charge >= 0.3 is 6.03 Å². The maximum atomic E-state index is 11.7. The molecule has 0 aliphatic heterocycles. The highest BCUT2D eigenvalue weighted by Gasteiger charge is 2.11. The molecule has 1 rings (SSSR count). The molecule has 0 aliphatic rings. The molecule has 6 nitrogen and oxygen atoms in total. The van der Waals surface area contributed by atoms with E-state index in [2.05, 4.69) is 5.32 Å². The topological polar surface area (TPSA) is 82.0 Å². The van der Waals surface area contributed by atoms with Crippen LogP contribution in [-0.2, 0) is 0 Å². The second kappa shape index (κ2) is 8.39. The average molecular weight is 282 g/mol. The third kappa shape index (κ3) is 5.07. The predicted octanol–water partition coefficient (Wildman–Crippen LogP) is 0.636. The van der Waals surface area contributed by atoms with Gasteiger partial charge in [-0.25, -0.2) is 4.79 Å². The van der Waals surface area contributed by atoms with Crippen LogP contribution in [0.2, 0.25) is 0 Å². The van der Waals surface area contributed by atoms with Gasteiger partial charge in [0.25, 0.3) is 0 Å². The van der Waals surface area contributed by atoms with Crippen LogP contribution in [-0.4, -0.2) is 54.2 Å². The van der Waals surface area contributed by atoms with Gasteiger partial charge in [0.05, 0.1) is 13.2 Å². The van der Waals surface area contributed by atoms with Gasteiger partial charge in [-0.3, -0.25) is 0 Å². The molecular weight excluding hydrogens is 260 g/mol. The van der Waals surface area contributed by atoms with Crippen molar-refractivity contribution >= 4 is 6.03 Å². The second-order valence-corrected chi connectivity index (χ2v) is 4.45. The molecule has 0 aromatic heterocycles.